The predicted molar refractivity (Wildman–Crippen MR) is 77.8 cm³/mol. The van der Waals surface area contributed by atoms with E-state index >= 15 is 0 Å². The summed E-state index contributed by atoms with van der Waals surface area (Å²) in [5, 5.41) is 12.3. The van der Waals surface area contributed by atoms with Gasteiger partial charge in [0.2, 0.25) is 0 Å². The molecule has 1 atom stereocenters. The van der Waals surface area contributed by atoms with Crippen molar-refractivity contribution < 1.29 is 9.84 Å². The third kappa shape index (κ3) is 5.25. The number of ether oxygens (including phenoxy) is 1. The molecule has 1 rings (SSSR count). The van der Waals surface area contributed by atoms with E-state index in [0.29, 0.717) is 6.61 Å². The predicted octanol–water partition coefficient (Wildman–Crippen LogP) is 2.46. The van der Waals surface area contributed by atoms with Crippen LogP contribution in [0.15, 0.2) is 18.2 Å². The second kappa shape index (κ2) is 9.20. The van der Waals surface area contributed by atoms with Gasteiger partial charge < -0.3 is 15.2 Å². The number of hydrogen-bond donors (Lipinski definition) is 2. The van der Waals surface area contributed by atoms with Crippen molar-refractivity contribution in [3.63, 3.8) is 0 Å². The van der Waals surface area contributed by atoms with Crippen LogP contribution < -0.4 is 10.1 Å². The molecule has 0 aliphatic heterocycles. The van der Waals surface area contributed by atoms with Gasteiger partial charge in [-0.2, -0.15) is 0 Å². The van der Waals surface area contributed by atoms with E-state index in [9.17, 15) is 0 Å². The molecule has 0 fully saturated rings. The van der Waals surface area contributed by atoms with E-state index in [1.54, 1.807) is 0 Å². The molecule has 0 amide bonds. The normalized spacial score (nSPS) is 11.8. The molecule has 0 spiro atoms. The van der Waals surface area contributed by atoms with Gasteiger partial charge >= 0.3 is 0 Å². The van der Waals surface area contributed by atoms with Crippen molar-refractivity contribution in [3.8, 4) is 5.75 Å². The molecule has 0 aliphatic rings. The molecular weight excluding hydrogens is 250 g/mol. The second-order valence-corrected chi connectivity index (χ2v) is 4.31. The summed E-state index contributed by atoms with van der Waals surface area (Å²) >= 11 is 0. The molecule has 0 aliphatic carbocycles. The van der Waals surface area contributed by atoms with Crippen LogP contribution in [0.5, 0.6) is 5.75 Å². The summed E-state index contributed by atoms with van der Waals surface area (Å²) in [6.45, 7) is 7.73. The lowest BCUT2D eigenvalue weighted by Gasteiger charge is -2.16. The minimum atomic E-state index is 0. The standard InChI is InChI=1S/C14H23NO2.ClH/c1-4-13(10-16)15-8-9-17-14-11(2)6-5-7-12(14)3;/h5-7,13,15-16H,4,8-10H2,1-3H3;1H/t13-;/m0./s1. The minimum Gasteiger partial charge on any atom is -0.492 e. The fourth-order valence-electron chi connectivity index (χ4n) is 1.78. The lowest BCUT2D eigenvalue weighted by atomic mass is 10.1. The molecule has 0 aromatic heterocycles. The monoisotopic (exact) mass is 273 g/mol. The summed E-state index contributed by atoms with van der Waals surface area (Å²) in [7, 11) is 0. The molecule has 0 unspecified atom stereocenters. The first kappa shape index (κ1) is 17.2. The van der Waals surface area contributed by atoms with Crippen LogP contribution in [0.2, 0.25) is 0 Å². The molecule has 0 saturated carbocycles. The number of aliphatic hydroxyl groups excluding tert-OH is 1. The average Bonchev–Trinajstić information content (AvgIpc) is 2.32. The zero-order chi connectivity index (χ0) is 12.7. The Morgan fingerprint density at radius 1 is 1.28 bits per heavy atom. The minimum absolute atomic E-state index is 0. The lowest BCUT2D eigenvalue weighted by Crippen LogP contribution is -2.34. The van der Waals surface area contributed by atoms with Gasteiger partial charge in [0.25, 0.3) is 0 Å². The quantitative estimate of drug-likeness (QED) is 0.750. The first-order valence-electron chi connectivity index (χ1n) is 6.22. The molecule has 0 heterocycles. The van der Waals surface area contributed by atoms with E-state index in [4.69, 9.17) is 9.84 Å². The van der Waals surface area contributed by atoms with Crippen LogP contribution in [-0.2, 0) is 0 Å². The highest BCUT2D eigenvalue weighted by Gasteiger charge is 2.04. The van der Waals surface area contributed by atoms with Crippen molar-refractivity contribution in [3.05, 3.63) is 29.3 Å². The Hall–Kier alpha value is -0.770. The highest BCUT2D eigenvalue weighted by molar-refractivity contribution is 5.85. The van der Waals surface area contributed by atoms with Gasteiger partial charge in [0.15, 0.2) is 0 Å². The molecule has 4 heteroatoms. The molecule has 104 valence electrons. The molecular formula is C14H24ClNO2. The Morgan fingerprint density at radius 3 is 2.39 bits per heavy atom. The Bertz CT molecular complexity index is 320. The Labute approximate surface area is 116 Å². The van der Waals surface area contributed by atoms with Crippen LogP contribution in [0.3, 0.4) is 0 Å². The number of hydrogen-bond acceptors (Lipinski definition) is 3. The highest BCUT2D eigenvalue weighted by Crippen LogP contribution is 2.21. The van der Waals surface area contributed by atoms with Gasteiger partial charge in [-0.25, -0.2) is 0 Å². The lowest BCUT2D eigenvalue weighted by molar-refractivity contribution is 0.227. The maximum atomic E-state index is 9.03. The number of rotatable bonds is 7. The van der Waals surface area contributed by atoms with Crippen molar-refractivity contribution in [1.82, 2.24) is 5.32 Å². The van der Waals surface area contributed by atoms with Crippen LogP contribution in [0.4, 0.5) is 0 Å². The molecule has 0 saturated heterocycles. The first-order chi connectivity index (χ1) is 8.19. The van der Waals surface area contributed by atoms with Crippen LogP contribution in [0, 0.1) is 13.8 Å². The van der Waals surface area contributed by atoms with Gasteiger partial charge in [0.1, 0.15) is 12.4 Å². The van der Waals surface area contributed by atoms with E-state index in [2.05, 4.69) is 38.2 Å². The zero-order valence-electron chi connectivity index (χ0n) is 11.4. The van der Waals surface area contributed by atoms with Crippen LogP contribution in [0.25, 0.3) is 0 Å². The van der Waals surface area contributed by atoms with Crippen molar-refractivity contribution in [2.75, 3.05) is 19.8 Å². The number of aliphatic hydroxyl groups is 1. The summed E-state index contributed by atoms with van der Waals surface area (Å²) in [6.07, 6.45) is 0.930. The molecule has 18 heavy (non-hydrogen) atoms. The van der Waals surface area contributed by atoms with Gasteiger partial charge in [-0.1, -0.05) is 25.1 Å². The number of nitrogens with one attached hydrogen (secondary N) is 1. The van der Waals surface area contributed by atoms with Crippen LogP contribution >= 0.6 is 12.4 Å². The number of benzene rings is 1. The average molecular weight is 274 g/mol. The summed E-state index contributed by atoms with van der Waals surface area (Å²) in [4.78, 5) is 0. The first-order valence-corrected chi connectivity index (χ1v) is 6.22. The smallest absolute Gasteiger partial charge is 0.125 e. The SMILES string of the molecule is CC[C@@H](CO)NCCOc1c(C)cccc1C.Cl. The van der Waals surface area contributed by atoms with Crippen molar-refractivity contribution in [2.24, 2.45) is 0 Å². The molecule has 1 aromatic rings. The summed E-state index contributed by atoms with van der Waals surface area (Å²) in [6, 6.07) is 6.32. The fourth-order valence-corrected chi connectivity index (χ4v) is 1.78. The fraction of sp³-hybridized carbons (Fsp3) is 0.571. The largest absolute Gasteiger partial charge is 0.492 e. The van der Waals surface area contributed by atoms with Crippen LogP contribution in [-0.4, -0.2) is 30.9 Å². The van der Waals surface area contributed by atoms with E-state index in [0.717, 1.165) is 18.7 Å². The zero-order valence-corrected chi connectivity index (χ0v) is 12.2. The van der Waals surface area contributed by atoms with Gasteiger partial charge in [0, 0.05) is 12.6 Å². The Kier molecular flexibility index (Phi) is 8.81. The third-order valence-electron chi connectivity index (χ3n) is 2.90. The van der Waals surface area contributed by atoms with E-state index in [-0.39, 0.29) is 25.1 Å². The molecule has 3 nitrogen and oxygen atoms in total. The van der Waals surface area contributed by atoms with Gasteiger partial charge in [0.05, 0.1) is 6.61 Å². The van der Waals surface area contributed by atoms with E-state index in [1.807, 2.05) is 6.07 Å². The van der Waals surface area contributed by atoms with Crippen LogP contribution in [0.1, 0.15) is 24.5 Å². The summed E-state index contributed by atoms with van der Waals surface area (Å²) in [5.74, 6) is 0.978. The topological polar surface area (TPSA) is 41.5 Å². The maximum Gasteiger partial charge on any atom is 0.125 e. The summed E-state index contributed by atoms with van der Waals surface area (Å²) in [5.41, 5.74) is 2.33. The van der Waals surface area contributed by atoms with Gasteiger partial charge in [-0.15, -0.1) is 12.4 Å². The van der Waals surface area contributed by atoms with Gasteiger partial charge in [-0.3, -0.25) is 0 Å². The number of halogens is 1. The van der Waals surface area contributed by atoms with Crippen molar-refractivity contribution in [1.29, 1.82) is 0 Å². The van der Waals surface area contributed by atoms with Crippen molar-refractivity contribution >= 4 is 12.4 Å². The second-order valence-electron chi connectivity index (χ2n) is 4.31. The van der Waals surface area contributed by atoms with E-state index in [1.165, 1.54) is 11.1 Å². The molecule has 1 aromatic carbocycles. The summed E-state index contributed by atoms with van der Waals surface area (Å²) < 4.78 is 5.76. The molecule has 0 bridgehead atoms. The van der Waals surface area contributed by atoms with E-state index < -0.39 is 0 Å². The number of aryl methyl sites for hydroxylation is 2. The van der Waals surface area contributed by atoms with Crippen molar-refractivity contribution in [2.45, 2.75) is 33.2 Å². The Balaban J connectivity index is 0.00000289. The maximum absolute atomic E-state index is 9.03. The van der Waals surface area contributed by atoms with Gasteiger partial charge in [-0.05, 0) is 31.4 Å². The molecule has 0 radical (unpaired) electrons. The number of para-hydroxylation sites is 1. The Morgan fingerprint density at radius 2 is 1.89 bits per heavy atom. The third-order valence-corrected chi connectivity index (χ3v) is 2.90. The molecule has 2 N–H and O–H groups in total. The highest BCUT2D eigenvalue weighted by atomic mass is 35.5.